The molecule has 0 aliphatic carbocycles. The molecule has 1 N–H and O–H groups in total. The summed E-state index contributed by atoms with van der Waals surface area (Å²) in [6, 6.07) is 0. The Balaban J connectivity index is 3.71. The fourth-order valence-corrected chi connectivity index (χ4v) is 7.21. The van der Waals surface area contributed by atoms with Gasteiger partial charge in [-0.1, -0.05) is 242 Å². The number of hydrogen-bond donors (Lipinski definition) is 1. The molecule has 0 fully saturated rings. The van der Waals surface area contributed by atoms with Gasteiger partial charge >= 0.3 is 11.9 Å². The van der Waals surface area contributed by atoms with Crippen molar-refractivity contribution in [3.8, 4) is 0 Å². The molecule has 1 atom stereocenters. The number of allylic oxidation sites excluding steroid dienone is 28. The molecule has 0 aromatic heterocycles. The van der Waals surface area contributed by atoms with Gasteiger partial charge in [-0.2, -0.15) is 0 Å². The van der Waals surface area contributed by atoms with Crippen molar-refractivity contribution in [1.82, 2.24) is 0 Å². The molecule has 0 aromatic carbocycles. The summed E-state index contributed by atoms with van der Waals surface area (Å²) in [5.74, 6) is -0.657. The Morgan fingerprint density at radius 3 is 0.917 bits per heavy atom. The van der Waals surface area contributed by atoms with Gasteiger partial charge in [0.2, 0.25) is 0 Å². The predicted octanol–water partition coefficient (Wildman–Crippen LogP) is 19.7. The standard InChI is InChI=1S/C67H104O5/c1-3-5-7-9-11-13-15-17-19-21-23-25-26-27-28-29-30-31-32-33-34-35-36-37-38-39-40-42-44-46-48-50-52-54-56-58-60-62-67(70)72-65(63-68)64-71-66(69)61-59-57-55-53-51-49-47-45-43-41-24-22-20-18-16-14-12-10-8-6-4-2/h5,7,11,13,16-19,22-25,27-28,30-31,33-34,36-37,39-40,43-46,50,52,65,68H,3-4,6,8-10,12,14-15,20-21,26,29,32,35,38,41-42,47-49,51,53-64H2,1-2H3/b7-5-,13-11-,18-16-,19-17-,24-22-,25-23-,28-27-,31-30-,34-33-,37-36-,40-39-,45-43-,46-44-,52-50-. The van der Waals surface area contributed by atoms with E-state index in [1.807, 2.05) is 0 Å². The largest absolute Gasteiger partial charge is 0.462 e. The minimum atomic E-state index is -0.810. The van der Waals surface area contributed by atoms with Gasteiger partial charge in [0.25, 0.3) is 0 Å². The summed E-state index contributed by atoms with van der Waals surface area (Å²) in [7, 11) is 0. The minimum Gasteiger partial charge on any atom is -0.462 e. The molecule has 0 saturated carbocycles. The fourth-order valence-electron chi connectivity index (χ4n) is 7.21. The zero-order chi connectivity index (χ0) is 52.0. The first-order valence-corrected chi connectivity index (χ1v) is 28.7. The molecule has 402 valence electrons. The Bertz CT molecular complexity index is 1640. The predicted molar refractivity (Wildman–Crippen MR) is 315 cm³/mol. The van der Waals surface area contributed by atoms with E-state index in [0.29, 0.717) is 12.8 Å². The van der Waals surface area contributed by atoms with E-state index in [4.69, 9.17) is 9.47 Å². The molecule has 5 heteroatoms. The Labute approximate surface area is 443 Å². The molecule has 0 radical (unpaired) electrons. The molecule has 0 spiro atoms. The van der Waals surface area contributed by atoms with Crippen LogP contribution < -0.4 is 0 Å². The summed E-state index contributed by atoms with van der Waals surface area (Å²) in [6.07, 6.45) is 94.6. The van der Waals surface area contributed by atoms with Gasteiger partial charge in [-0.25, -0.2) is 0 Å². The lowest BCUT2D eigenvalue weighted by Gasteiger charge is -2.15. The van der Waals surface area contributed by atoms with E-state index in [-0.39, 0.29) is 25.2 Å². The van der Waals surface area contributed by atoms with Crippen LogP contribution in [0.15, 0.2) is 170 Å². The highest BCUT2D eigenvalue weighted by molar-refractivity contribution is 5.70. The lowest BCUT2D eigenvalue weighted by Crippen LogP contribution is -2.28. The lowest BCUT2D eigenvalue weighted by molar-refractivity contribution is -0.161. The maximum Gasteiger partial charge on any atom is 0.306 e. The number of carbonyl (C=O) groups is 2. The summed E-state index contributed by atoms with van der Waals surface area (Å²) in [4.78, 5) is 24.5. The number of aliphatic hydroxyl groups excluding tert-OH is 1. The minimum absolute atomic E-state index is 0.0979. The van der Waals surface area contributed by atoms with Crippen LogP contribution in [0.3, 0.4) is 0 Å². The van der Waals surface area contributed by atoms with E-state index in [0.717, 1.165) is 135 Å². The van der Waals surface area contributed by atoms with Crippen LogP contribution in [0, 0.1) is 0 Å². The van der Waals surface area contributed by atoms with Gasteiger partial charge in [0, 0.05) is 12.8 Å². The summed E-state index contributed by atoms with van der Waals surface area (Å²) >= 11 is 0. The number of unbranched alkanes of at least 4 members (excludes halogenated alkanes) is 14. The van der Waals surface area contributed by atoms with Crippen LogP contribution in [0.5, 0.6) is 0 Å². The number of carbonyl (C=O) groups excluding carboxylic acids is 2. The van der Waals surface area contributed by atoms with Crippen molar-refractivity contribution in [3.63, 3.8) is 0 Å². The molecule has 0 saturated heterocycles. The van der Waals surface area contributed by atoms with Gasteiger partial charge in [-0.05, 0) is 135 Å². The van der Waals surface area contributed by atoms with Crippen molar-refractivity contribution >= 4 is 11.9 Å². The first-order chi connectivity index (χ1) is 35.6. The monoisotopic (exact) mass is 989 g/mol. The van der Waals surface area contributed by atoms with Crippen LogP contribution >= 0.6 is 0 Å². The molecule has 0 bridgehead atoms. The highest BCUT2D eigenvalue weighted by atomic mass is 16.6. The van der Waals surface area contributed by atoms with E-state index in [1.165, 1.54) is 57.8 Å². The van der Waals surface area contributed by atoms with Crippen molar-refractivity contribution < 1.29 is 24.2 Å². The first-order valence-electron chi connectivity index (χ1n) is 28.7. The van der Waals surface area contributed by atoms with Crippen molar-refractivity contribution in [2.45, 2.75) is 225 Å². The zero-order valence-electron chi connectivity index (χ0n) is 45.9. The number of hydrogen-bond acceptors (Lipinski definition) is 5. The third-order valence-corrected chi connectivity index (χ3v) is 11.5. The first kappa shape index (κ1) is 67.3. The van der Waals surface area contributed by atoms with E-state index in [1.54, 1.807) is 0 Å². The van der Waals surface area contributed by atoms with Gasteiger partial charge < -0.3 is 14.6 Å². The molecular formula is C67H104O5. The summed E-state index contributed by atoms with van der Waals surface area (Å²) in [5.41, 5.74) is 0. The second-order valence-corrected chi connectivity index (χ2v) is 18.3. The van der Waals surface area contributed by atoms with Gasteiger partial charge in [0.05, 0.1) is 6.61 Å². The normalized spacial score (nSPS) is 13.5. The molecule has 0 aliphatic rings. The number of ether oxygens (including phenoxy) is 2. The summed E-state index contributed by atoms with van der Waals surface area (Å²) in [6.45, 7) is 3.96. The third kappa shape index (κ3) is 57.8. The molecule has 0 amide bonds. The Morgan fingerprint density at radius 2 is 0.597 bits per heavy atom. The SMILES string of the molecule is CC/C=C\C/C=C\C/C=C\C/C=C\C/C=C\C/C=C\C/C=C\C/C=C\C/C=C\C/C=C\C/C=C\CCCCCC(=O)OC(CO)COC(=O)CCCCCCCC/C=C\C/C=C\C/C=C\CCCCCCC. The van der Waals surface area contributed by atoms with Crippen molar-refractivity contribution in [3.05, 3.63) is 170 Å². The number of rotatable bonds is 50. The number of esters is 2. The van der Waals surface area contributed by atoms with Gasteiger partial charge in [-0.15, -0.1) is 0 Å². The van der Waals surface area contributed by atoms with Crippen LogP contribution in [0.4, 0.5) is 0 Å². The van der Waals surface area contributed by atoms with E-state index >= 15 is 0 Å². The van der Waals surface area contributed by atoms with Gasteiger partial charge in [-0.3, -0.25) is 9.59 Å². The molecule has 0 heterocycles. The third-order valence-electron chi connectivity index (χ3n) is 11.5. The topological polar surface area (TPSA) is 72.8 Å². The molecule has 5 nitrogen and oxygen atoms in total. The van der Waals surface area contributed by atoms with Crippen LogP contribution in [0.2, 0.25) is 0 Å². The molecule has 0 rings (SSSR count). The molecular weight excluding hydrogens is 885 g/mol. The average Bonchev–Trinajstić information content (AvgIpc) is 3.38. The summed E-state index contributed by atoms with van der Waals surface area (Å²) < 4.78 is 10.7. The maximum absolute atomic E-state index is 12.3. The van der Waals surface area contributed by atoms with Crippen molar-refractivity contribution in [2.75, 3.05) is 13.2 Å². The second-order valence-electron chi connectivity index (χ2n) is 18.3. The van der Waals surface area contributed by atoms with E-state index in [9.17, 15) is 14.7 Å². The van der Waals surface area contributed by atoms with Crippen LogP contribution in [0.25, 0.3) is 0 Å². The highest BCUT2D eigenvalue weighted by Crippen LogP contribution is 2.12. The Hall–Kier alpha value is -4.74. The fraction of sp³-hybridized carbons (Fsp3) is 0.552. The smallest absolute Gasteiger partial charge is 0.306 e. The Morgan fingerprint density at radius 1 is 0.333 bits per heavy atom. The van der Waals surface area contributed by atoms with Gasteiger partial charge in [0.15, 0.2) is 6.10 Å². The number of aliphatic hydroxyl groups is 1. The van der Waals surface area contributed by atoms with Crippen LogP contribution in [0.1, 0.15) is 219 Å². The quantitative estimate of drug-likeness (QED) is 0.0373. The second kappa shape index (κ2) is 60.6. The van der Waals surface area contributed by atoms with Crippen molar-refractivity contribution in [2.24, 2.45) is 0 Å². The zero-order valence-corrected chi connectivity index (χ0v) is 45.9. The molecule has 72 heavy (non-hydrogen) atoms. The summed E-state index contributed by atoms with van der Waals surface area (Å²) in [5, 5.41) is 9.64. The van der Waals surface area contributed by atoms with E-state index in [2.05, 4.69) is 184 Å². The highest BCUT2D eigenvalue weighted by Gasteiger charge is 2.16. The van der Waals surface area contributed by atoms with Crippen molar-refractivity contribution in [1.29, 1.82) is 0 Å². The van der Waals surface area contributed by atoms with Gasteiger partial charge in [0.1, 0.15) is 6.61 Å². The molecule has 0 aliphatic heterocycles. The van der Waals surface area contributed by atoms with E-state index < -0.39 is 6.10 Å². The Kier molecular flexibility index (Phi) is 56.6. The van der Waals surface area contributed by atoms with Crippen LogP contribution in [-0.4, -0.2) is 36.4 Å². The maximum atomic E-state index is 12.3. The van der Waals surface area contributed by atoms with Crippen LogP contribution in [-0.2, 0) is 19.1 Å². The average molecular weight is 990 g/mol. The molecule has 1 unspecified atom stereocenters. The lowest BCUT2D eigenvalue weighted by atomic mass is 10.1. The molecule has 0 aromatic rings.